The molecule has 0 aliphatic rings. The van der Waals surface area contributed by atoms with Crippen LogP contribution in [0.15, 0.2) is 29.9 Å². The number of nitrogen functional groups attached to an aromatic ring is 1. The SMILES string of the molecule is CC(Cc1cccs1)NC(=O)c1cncc(N)n1. The second kappa shape index (κ2) is 5.59. The van der Waals surface area contributed by atoms with Crippen molar-refractivity contribution >= 4 is 23.1 Å². The van der Waals surface area contributed by atoms with Crippen LogP contribution in [0.1, 0.15) is 22.3 Å². The smallest absolute Gasteiger partial charge is 0.271 e. The maximum Gasteiger partial charge on any atom is 0.271 e. The van der Waals surface area contributed by atoms with E-state index >= 15 is 0 Å². The molecule has 0 radical (unpaired) electrons. The normalized spacial score (nSPS) is 12.1. The van der Waals surface area contributed by atoms with Crippen molar-refractivity contribution in [3.05, 3.63) is 40.5 Å². The van der Waals surface area contributed by atoms with Gasteiger partial charge in [-0.1, -0.05) is 6.07 Å². The number of carbonyl (C=O) groups is 1. The van der Waals surface area contributed by atoms with Gasteiger partial charge in [0.25, 0.3) is 5.91 Å². The Balaban J connectivity index is 1.95. The van der Waals surface area contributed by atoms with E-state index in [1.807, 2.05) is 24.4 Å². The largest absolute Gasteiger partial charge is 0.382 e. The number of hydrogen-bond donors (Lipinski definition) is 2. The minimum Gasteiger partial charge on any atom is -0.382 e. The molecule has 6 heteroatoms. The number of thiophene rings is 1. The lowest BCUT2D eigenvalue weighted by atomic mass is 10.2. The van der Waals surface area contributed by atoms with Gasteiger partial charge in [0.2, 0.25) is 0 Å². The third-order valence-electron chi connectivity index (χ3n) is 2.35. The van der Waals surface area contributed by atoms with Crippen molar-refractivity contribution in [2.24, 2.45) is 0 Å². The molecule has 1 unspecified atom stereocenters. The molecular weight excluding hydrogens is 248 g/mol. The van der Waals surface area contributed by atoms with Crippen molar-refractivity contribution in [3.63, 3.8) is 0 Å². The fraction of sp³-hybridized carbons (Fsp3) is 0.250. The highest BCUT2D eigenvalue weighted by molar-refractivity contribution is 7.09. The van der Waals surface area contributed by atoms with E-state index in [1.54, 1.807) is 11.3 Å². The molecule has 2 rings (SSSR count). The van der Waals surface area contributed by atoms with Crippen LogP contribution in [0.2, 0.25) is 0 Å². The number of aromatic nitrogens is 2. The molecule has 18 heavy (non-hydrogen) atoms. The summed E-state index contributed by atoms with van der Waals surface area (Å²) in [5.41, 5.74) is 5.73. The zero-order valence-corrected chi connectivity index (χ0v) is 10.8. The van der Waals surface area contributed by atoms with Crippen LogP contribution in [0.5, 0.6) is 0 Å². The van der Waals surface area contributed by atoms with Gasteiger partial charge in [-0.3, -0.25) is 9.78 Å². The third kappa shape index (κ3) is 3.27. The maximum absolute atomic E-state index is 11.9. The first-order valence-electron chi connectivity index (χ1n) is 5.56. The first-order valence-corrected chi connectivity index (χ1v) is 6.44. The van der Waals surface area contributed by atoms with Crippen molar-refractivity contribution in [2.75, 3.05) is 5.73 Å². The molecule has 94 valence electrons. The van der Waals surface area contributed by atoms with Crippen molar-refractivity contribution in [1.82, 2.24) is 15.3 Å². The Bertz CT molecular complexity index is 527. The first kappa shape index (κ1) is 12.5. The fourth-order valence-electron chi connectivity index (χ4n) is 1.57. The van der Waals surface area contributed by atoms with Gasteiger partial charge in [-0.05, 0) is 18.4 Å². The van der Waals surface area contributed by atoms with Crippen molar-refractivity contribution < 1.29 is 4.79 Å². The second-order valence-corrected chi connectivity index (χ2v) is 5.02. The monoisotopic (exact) mass is 262 g/mol. The molecule has 1 atom stereocenters. The van der Waals surface area contributed by atoms with E-state index in [1.165, 1.54) is 17.3 Å². The number of anilines is 1. The van der Waals surface area contributed by atoms with E-state index in [2.05, 4.69) is 15.3 Å². The van der Waals surface area contributed by atoms with E-state index in [0.29, 0.717) is 0 Å². The van der Waals surface area contributed by atoms with Crippen LogP contribution in [0, 0.1) is 0 Å². The Kier molecular flexibility index (Phi) is 3.88. The number of amides is 1. The zero-order chi connectivity index (χ0) is 13.0. The molecule has 3 N–H and O–H groups in total. The first-order chi connectivity index (χ1) is 8.65. The lowest BCUT2D eigenvalue weighted by Crippen LogP contribution is -2.34. The predicted molar refractivity (Wildman–Crippen MR) is 71.4 cm³/mol. The van der Waals surface area contributed by atoms with E-state index in [4.69, 9.17) is 5.73 Å². The van der Waals surface area contributed by atoms with E-state index in [9.17, 15) is 4.79 Å². The fourth-order valence-corrected chi connectivity index (χ4v) is 2.41. The van der Waals surface area contributed by atoms with Gasteiger partial charge in [0, 0.05) is 17.3 Å². The highest BCUT2D eigenvalue weighted by atomic mass is 32.1. The number of rotatable bonds is 4. The summed E-state index contributed by atoms with van der Waals surface area (Å²) in [6.07, 6.45) is 3.62. The predicted octanol–water partition coefficient (Wildman–Crippen LogP) is 1.48. The molecule has 2 aromatic heterocycles. The molecule has 1 amide bonds. The highest BCUT2D eigenvalue weighted by Gasteiger charge is 2.12. The van der Waals surface area contributed by atoms with Crippen molar-refractivity contribution in [3.8, 4) is 0 Å². The standard InChI is InChI=1S/C12H14N4OS/c1-8(5-9-3-2-4-18-9)15-12(17)10-6-14-7-11(13)16-10/h2-4,6-8H,5H2,1H3,(H2,13,16)(H,15,17). The van der Waals surface area contributed by atoms with Crippen LogP contribution in [0.4, 0.5) is 5.82 Å². The molecule has 0 aliphatic heterocycles. The summed E-state index contributed by atoms with van der Waals surface area (Å²) in [6, 6.07) is 4.09. The molecule has 0 fully saturated rings. The van der Waals surface area contributed by atoms with Crippen molar-refractivity contribution in [2.45, 2.75) is 19.4 Å². The summed E-state index contributed by atoms with van der Waals surface area (Å²) in [5.74, 6) is -0.00702. The van der Waals surface area contributed by atoms with Gasteiger partial charge in [-0.2, -0.15) is 0 Å². The quantitative estimate of drug-likeness (QED) is 0.874. The van der Waals surface area contributed by atoms with Gasteiger partial charge >= 0.3 is 0 Å². The molecule has 2 heterocycles. The van der Waals surface area contributed by atoms with E-state index < -0.39 is 0 Å². The van der Waals surface area contributed by atoms with E-state index in [-0.39, 0.29) is 23.5 Å². The lowest BCUT2D eigenvalue weighted by molar-refractivity contribution is 0.0935. The Hall–Kier alpha value is -1.95. The van der Waals surface area contributed by atoms with Gasteiger partial charge in [0.15, 0.2) is 0 Å². The van der Waals surface area contributed by atoms with E-state index in [0.717, 1.165) is 6.42 Å². The minimum atomic E-state index is -0.251. The van der Waals surface area contributed by atoms with Crippen molar-refractivity contribution in [1.29, 1.82) is 0 Å². The molecule has 0 bridgehead atoms. The summed E-state index contributed by atoms with van der Waals surface area (Å²) < 4.78 is 0. The third-order valence-corrected chi connectivity index (χ3v) is 3.25. The minimum absolute atomic E-state index is 0.0411. The van der Waals surface area contributed by atoms with Crippen LogP contribution >= 0.6 is 11.3 Å². The van der Waals surface area contributed by atoms with Gasteiger partial charge < -0.3 is 11.1 Å². The van der Waals surface area contributed by atoms with Gasteiger partial charge in [0.1, 0.15) is 11.5 Å². The van der Waals surface area contributed by atoms with Crippen LogP contribution in [-0.2, 0) is 6.42 Å². The van der Waals surface area contributed by atoms with Crippen LogP contribution in [0.25, 0.3) is 0 Å². The summed E-state index contributed by atoms with van der Waals surface area (Å²) in [5, 5.41) is 4.89. The molecule has 0 aromatic carbocycles. The molecule has 0 saturated carbocycles. The number of nitrogens with zero attached hydrogens (tertiary/aromatic N) is 2. The van der Waals surface area contributed by atoms with Gasteiger partial charge in [0.05, 0.1) is 12.4 Å². The topological polar surface area (TPSA) is 80.9 Å². The Morgan fingerprint density at radius 1 is 1.56 bits per heavy atom. The summed E-state index contributed by atoms with van der Waals surface area (Å²) in [6.45, 7) is 1.96. The molecule has 0 aliphatic carbocycles. The van der Waals surface area contributed by atoms with Crippen LogP contribution in [0.3, 0.4) is 0 Å². The number of nitrogens with one attached hydrogen (secondary N) is 1. The highest BCUT2D eigenvalue weighted by Crippen LogP contribution is 2.11. The second-order valence-electron chi connectivity index (χ2n) is 3.99. The maximum atomic E-state index is 11.9. The molecule has 2 aromatic rings. The summed E-state index contributed by atoms with van der Waals surface area (Å²) in [7, 11) is 0. The van der Waals surface area contributed by atoms with Crippen LogP contribution < -0.4 is 11.1 Å². The Morgan fingerprint density at radius 3 is 3.06 bits per heavy atom. The summed E-state index contributed by atoms with van der Waals surface area (Å²) in [4.78, 5) is 20.9. The molecular formula is C12H14N4OS. The number of hydrogen-bond acceptors (Lipinski definition) is 5. The Labute approximate surface area is 109 Å². The van der Waals surface area contributed by atoms with Gasteiger partial charge in [-0.25, -0.2) is 4.98 Å². The average molecular weight is 262 g/mol. The summed E-state index contributed by atoms with van der Waals surface area (Å²) >= 11 is 1.68. The van der Waals surface area contributed by atoms with Crippen LogP contribution in [-0.4, -0.2) is 21.9 Å². The number of carbonyl (C=O) groups excluding carboxylic acids is 1. The molecule has 0 spiro atoms. The van der Waals surface area contributed by atoms with Gasteiger partial charge in [-0.15, -0.1) is 11.3 Å². The number of nitrogens with two attached hydrogens (primary N) is 1. The lowest BCUT2D eigenvalue weighted by Gasteiger charge is -2.12. The Morgan fingerprint density at radius 2 is 2.39 bits per heavy atom. The zero-order valence-electron chi connectivity index (χ0n) is 9.96. The molecule has 5 nitrogen and oxygen atoms in total. The average Bonchev–Trinajstić information content (AvgIpc) is 2.81. The molecule has 0 saturated heterocycles.